The molecule has 1 saturated heterocycles. The topological polar surface area (TPSA) is 72.4 Å². The number of carbonyl (C=O) groups excluding carboxylic acids is 1. The molecule has 1 aliphatic heterocycles. The molecule has 0 spiro atoms. The van der Waals surface area contributed by atoms with Crippen molar-refractivity contribution in [3.63, 3.8) is 0 Å². The van der Waals surface area contributed by atoms with Gasteiger partial charge >= 0.3 is 0 Å². The van der Waals surface area contributed by atoms with Crippen molar-refractivity contribution < 1.29 is 13.6 Å². The van der Waals surface area contributed by atoms with E-state index in [1.807, 2.05) is 17.5 Å². The van der Waals surface area contributed by atoms with E-state index in [0.717, 1.165) is 17.7 Å². The molecular weight excluding hydrogens is 302 g/mol. The summed E-state index contributed by atoms with van der Waals surface area (Å²) in [6, 6.07) is 7.07. The van der Waals surface area contributed by atoms with Gasteiger partial charge in [0.15, 0.2) is 5.76 Å². The van der Waals surface area contributed by atoms with Crippen molar-refractivity contribution in [2.45, 2.75) is 18.9 Å². The maximum absolute atomic E-state index is 12.5. The Morgan fingerprint density at radius 3 is 3.05 bits per heavy atom. The van der Waals surface area contributed by atoms with E-state index in [-0.39, 0.29) is 11.9 Å². The Bertz CT molecular complexity index is 764. The van der Waals surface area contributed by atoms with Gasteiger partial charge in [0.05, 0.1) is 11.1 Å². The van der Waals surface area contributed by atoms with Crippen LogP contribution in [-0.2, 0) is 0 Å². The number of hydrogen-bond donors (Lipinski definition) is 0. The van der Waals surface area contributed by atoms with Crippen molar-refractivity contribution >= 4 is 17.2 Å². The molecule has 1 amide bonds. The number of amides is 1. The molecule has 0 aliphatic carbocycles. The summed E-state index contributed by atoms with van der Waals surface area (Å²) in [4.78, 5) is 15.1. The minimum Gasteiger partial charge on any atom is -0.459 e. The van der Waals surface area contributed by atoms with E-state index in [9.17, 15) is 4.79 Å². The smallest absolute Gasteiger partial charge is 0.290 e. The Hall–Kier alpha value is -2.41. The summed E-state index contributed by atoms with van der Waals surface area (Å²) in [5.41, 5.74) is 0. The van der Waals surface area contributed by atoms with Gasteiger partial charge in [-0.25, -0.2) is 0 Å². The first-order valence-corrected chi connectivity index (χ1v) is 7.92. The molecule has 3 aromatic heterocycles. The van der Waals surface area contributed by atoms with Crippen LogP contribution < -0.4 is 0 Å². The van der Waals surface area contributed by atoms with Crippen LogP contribution in [0.5, 0.6) is 0 Å². The predicted octanol–water partition coefficient (Wildman–Crippen LogP) is 3.37. The average Bonchev–Trinajstić information content (AvgIpc) is 3.35. The van der Waals surface area contributed by atoms with Gasteiger partial charge in [0.1, 0.15) is 6.04 Å². The van der Waals surface area contributed by atoms with E-state index < -0.39 is 0 Å². The maximum Gasteiger partial charge on any atom is 0.290 e. The second-order valence-corrected chi connectivity index (χ2v) is 6.00. The quantitative estimate of drug-likeness (QED) is 0.741. The molecule has 1 unspecified atom stereocenters. The summed E-state index contributed by atoms with van der Waals surface area (Å²) < 4.78 is 11.0. The van der Waals surface area contributed by atoms with Crippen LogP contribution in [0.2, 0.25) is 0 Å². The number of rotatable bonds is 3. The number of aromatic nitrogens is 2. The van der Waals surface area contributed by atoms with Gasteiger partial charge in [-0.05, 0) is 36.4 Å². The Labute approximate surface area is 130 Å². The standard InChI is InChI=1S/C15H13N3O3S/c19-15(11-5-2-8-20-11)18-7-1-4-10(18)13-16-17-14(21-13)12-6-3-9-22-12/h2-3,5-6,8-10H,1,4,7H2. The minimum atomic E-state index is -0.182. The molecule has 112 valence electrons. The van der Waals surface area contributed by atoms with E-state index in [1.54, 1.807) is 28.4 Å². The fourth-order valence-electron chi connectivity index (χ4n) is 2.68. The second kappa shape index (κ2) is 5.42. The molecule has 0 aromatic carbocycles. The molecule has 7 heteroatoms. The lowest BCUT2D eigenvalue weighted by molar-refractivity contribution is 0.0683. The monoisotopic (exact) mass is 315 g/mol. The van der Waals surface area contributed by atoms with Crippen LogP contribution in [0.15, 0.2) is 44.7 Å². The number of furan rings is 1. The Morgan fingerprint density at radius 1 is 1.32 bits per heavy atom. The first-order chi connectivity index (χ1) is 10.8. The summed E-state index contributed by atoms with van der Waals surface area (Å²) in [6.07, 6.45) is 3.23. The fourth-order valence-corrected chi connectivity index (χ4v) is 3.32. The zero-order valence-corrected chi connectivity index (χ0v) is 12.5. The minimum absolute atomic E-state index is 0.136. The normalized spacial score (nSPS) is 18.0. The van der Waals surface area contributed by atoms with Crippen LogP contribution in [0.3, 0.4) is 0 Å². The van der Waals surface area contributed by atoms with Crippen molar-refractivity contribution in [2.75, 3.05) is 6.54 Å². The lowest BCUT2D eigenvalue weighted by Gasteiger charge is -2.20. The zero-order chi connectivity index (χ0) is 14.9. The molecule has 0 bridgehead atoms. The summed E-state index contributed by atoms with van der Waals surface area (Å²) in [5.74, 6) is 1.19. The first kappa shape index (κ1) is 13.3. The van der Waals surface area contributed by atoms with Gasteiger partial charge in [-0.15, -0.1) is 21.5 Å². The van der Waals surface area contributed by atoms with Gasteiger partial charge < -0.3 is 13.7 Å². The van der Waals surface area contributed by atoms with Gasteiger partial charge in [0.2, 0.25) is 5.89 Å². The molecule has 1 fully saturated rings. The summed E-state index contributed by atoms with van der Waals surface area (Å²) in [6.45, 7) is 0.668. The molecule has 0 N–H and O–H groups in total. The van der Waals surface area contributed by atoms with Crippen LogP contribution in [-0.4, -0.2) is 27.5 Å². The van der Waals surface area contributed by atoms with Gasteiger partial charge in [-0.1, -0.05) is 6.07 Å². The Kier molecular flexibility index (Phi) is 3.27. The number of hydrogen-bond acceptors (Lipinski definition) is 6. The molecule has 4 rings (SSSR count). The van der Waals surface area contributed by atoms with Crippen LogP contribution in [0.1, 0.15) is 35.3 Å². The average molecular weight is 315 g/mol. The molecule has 6 nitrogen and oxygen atoms in total. The van der Waals surface area contributed by atoms with Crippen molar-refractivity contribution in [3.8, 4) is 10.8 Å². The van der Waals surface area contributed by atoms with E-state index in [2.05, 4.69) is 10.2 Å². The lowest BCUT2D eigenvalue weighted by atomic mass is 10.2. The Morgan fingerprint density at radius 2 is 2.27 bits per heavy atom. The third kappa shape index (κ3) is 2.23. The summed E-state index contributed by atoms with van der Waals surface area (Å²) >= 11 is 1.55. The molecule has 0 saturated carbocycles. The van der Waals surface area contributed by atoms with Crippen LogP contribution in [0, 0.1) is 0 Å². The van der Waals surface area contributed by atoms with Crippen molar-refractivity contribution in [1.82, 2.24) is 15.1 Å². The SMILES string of the molecule is O=C(c1ccco1)N1CCCC1c1nnc(-c2cccs2)o1. The van der Waals surface area contributed by atoms with E-state index in [0.29, 0.717) is 24.1 Å². The second-order valence-electron chi connectivity index (χ2n) is 5.06. The highest BCUT2D eigenvalue weighted by Crippen LogP contribution is 2.34. The molecular formula is C15H13N3O3S. The van der Waals surface area contributed by atoms with Crippen LogP contribution in [0.25, 0.3) is 10.8 Å². The summed E-state index contributed by atoms with van der Waals surface area (Å²) in [5, 5.41) is 10.2. The number of thiophene rings is 1. The third-order valence-electron chi connectivity index (χ3n) is 3.70. The summed E-state index contributed by atoms with van der Waals surface area (Å²) in [7, 11) is 0. The molecule has 1 atom stereocenters. The lowest BCUT2D eigenvalue weighted by Crippen LogP contribution is -2.30. The third-order valence-corrected chi connectivity index (χ3v) is 4.56. The molecule has 0 radical (unpaired) electrons. The number of likely N-dealkylation sites (tertiary alicyclic amines) is 1. The van der Waals surface area contributed by atoms with E-state index in [1.165, 1.54) is 6.26 Å². The van der Waals surface area contributed by atoms with E-state index >= 15 is 0 Å². The largest absolute Gasteiger partial charge is 0.459 e. The van der Waals surface area contributed by atoms with Crippen molar-refractivity contribution in [2.24, 2.45) is 0 Å². The maximum atomic E-state index is 12.5. The van der Waals surface area contributed by atoms with Gasteiger partial charge in [-0.2, -0.15) is 0 Å². The molecule has 22 heavy (non-hydrogen) atoms. The first-order valence-electron chi connectivity index (χ1n) is 7.04. The number of nitrogens with zero attached hydrogens (tertiary/aromatic N) is 3. The predicted molar refractivity (Wildman–Crippen MR) is 79.3 cm³/mol. The van der Waals surface area contributed by atoms with Gasteiger partial charge in [-0.3, -0.25) is 4.79 Å². The van der Waals surface area contributed by atoms with Crippen LogP contribution in [0.4, 0.5) is 0 Å². The van der Waals surface area contributed by atoms with Gasteiger partial charge in [0, 0.05) is 6.54 Å². The Balaban J connectivity index is 1.60. The molecule has 3 aromatic rings. The zero-order valence-electron chi connectivity index (χ0n) is 11.6. The number of carbonyl (C=O) groups is 1. The van der Waals surface area contributed by atoms with Crippen molar-refractivity contribution in [1.29, 1.82) is 0 Å². The highest BCUT2D eigenvalue weighted by Gasteiger charge is 2.35. The highest BCUT2D eigenvalue weighted by atomic mass is 32.1. The molecule has 4 heterocycles. The van der Waals surface area contributed by atoms with Crippen molar-refractivity contribution in [3.05, 3.63) is 47.6 Å². The van der Waals surface area contributed by atoms with E-state index in [4.69, 9.17) is 8.83 Å². The fraction of sp³-hybridized carbons (Fsp3) is 0.267. The van der Waals surface area contributed by atoms with Gasteiger partial charge in [0.25, 0.3) is 11.8 Å². The highest BCUT2D eigenvalue weighted by molar-refractivity contribution is 7.13. The van der Waals surface area contributed by atoms with Crippen LogP contribution >= 0.6 is 11.3 Å². The molecule has 1 aliphatic rings.